The van der Waals surface area contributed by atoms with Gasteiger partial charge in [-0.15, -0.1) is 0 Å². The van der Waals surface area contributed by atoms with E-state index in [1.165, 1.54) is 23.1 Å². The van der Waals surface area contributed by atoms with Crippen LogP contribution in [0.15, 0.2) is 65.6 Å². The molecular weight excluding hydrogens is 538 g/mol. The highest BCUT2D eigenvalue weighted by Gasteiger charge is 2.47. The van der Waals surface area contributed by atoms with Gasteiger partial charge in [-0.2, -0.15) is 0 Å². The number of carbonyl (C=O) groups excluding carboxylic acids is 3. The smallest absolute Gasteiger partial charge is 0.255 e. The molecule has 2 N–H and O–H groups in total. The topological polar surface area (TPSA) is 143 Å². The average molecular weight is 570 g/mol. The lowest BCUT2D eigenvalue weighted by Gasteiger charge is -2.27. The molecule has 2 fully saturated rings. The summed E-state index contributed by atoms with van der Waals surface area (Å²) < 4.78 is 39.2. The van der Waals surface area contributed by atoms with Gasteiger partial charge in [0.1, 0.15) is 18.5 Å². The fourth-order valence-electron chi connectivity index (χ4n) is 5.10. The molecule has 0 saturated carbocycles. The number of aliphatic hydroxyl groups excluding tert-OH is 1. The number of rotatable bonds is 9. The maximum atomic E-state index is 13.0. The molecule has 2 heterocycles. The first-order valence-corrected chi connectivity index (χ1v) is 14.6. The minimum absolute atomic E-state index is 0.0493. The number of hydrogen-bond acceptors (Lipinski definition) is 8. The number of carbonyl (C=O) groups is 3. The van der Waals surface area contributed by atoms with Crippen LogP contribution in [-0.4, -0.2) is 81.7 Å². The summed E-state index contributed by atoms with van der Waals surface area (Å²) >= 11 is 0. The van der Waals surface area contributed by atoms with Crippen molar-refractivity contribution in [2.45, 2.75) is 23.8 Å². The first-order valence-electron chi connectivity index (χ1n) is 13.2. The van der Waals surface area contributed by atoms with E-state index in [4.69, 9.17) is 9.47 Å². The van der Waals surface area contributed by atoms with Crippen LogP contribution in [0.1, 0.15) is 23.2 Å². The monoisotopic (exact) mass is 569 g/mol. The second-order valence-electron chi connectivity index (χ2n) is 9.88. The molecule has 12 heteroatoms. The molecule has 0 unspecified atom stereocenters. The quantitative estimate of drug-likeness (QED) is 0.340. The second-order valence-corrected chi connectivity index (χ2v) is 11.6. The van der Waals surface area contributed by atoms with Gasteiger partial charge in [0.15, 0.2) is 0 Å². The van der Waals surface area contributed by atoms with Crippen molar-refractivity contribution in [3.63, 3.8) is 0 Å². The normalized spacial score (nSPS) is 21.8. The summed E-state index contributed by atoms with van der Waals surface area (Å²) in [6.07, 6.45) is 3.80. The maximum absolute atomic E-state index is 13.0. The van der Waals surface area contributed by atoms with Crippen molar-refractivity contribution >= 4 is 33.4 Å². The third-order valence-corrected chi connectivity index (χ3v) is 8.74. The summed E-state index contributed by atoms with van der Waals surface area (Å²) in [4.78, 5) is 41.1. The van der Waals surface area contributed by atoms with Gasteiger partial charge in [0.25, 0.3) is 5.91 Å². The molecule has 212 valence electrons. The van der Waals surface area contributed by atoms with E-state index in [9.17, 15) is 27.9 Å². The van der Waals surface area contributed by atoms with Crippen LogP contribution in [0.3, 0.4) is 0 Å². The SMILES string of the molecule is O=C(c1ccccc1S(=O)(=O)NC[C@H](O)COc1ccc(N2C(=O)[C@@H]3CC=CC[C@H]3C2=O)cc1)N1CCOCC1. The van der Waals surface area contributed by atoms with Crippen molar-refractivity contribution in [2.24, 2.45) is 11.8 Å². The van der Waals surface area contributed by atoms with Crippen molar-refractivity contribution in [3.05, 3.63) is 66.2 Å². The molecule has 40 heavy (non-hydrogen) atoms. The number of sulfonamides is 1. The van der Waals surface area contributed by atoms with E-state index in [1.807, 2.05) is 12.2 Å². The number of allylic oxidation sites excluding steroid dienone is 2. The van der Waals surface area contributed by atoms with E-state index in [0.29, 0.717) is 50.6 Å². The highest BCUT2D eigenvalue weighted by atomic mass is 32.2. The molecule has 0 radical (unpaired) electrons. The largest absolute Gasteiger partial charge is 0.491 e. The highest BCUT2D eigenvalue weighted by molar-refractivity contribution is 7.89. The number of nitrogens with zero attached hydrogens (tertiary/aromatic N) is 2. The summed E-state index contributed by atoms with van der Waals surface area (Å²) in [5, 5.41) is 10.4. The van der Waals surface area contributed by atoms with Gasteiger partial charge in [0, 0.05) is 19.6 Å². The van der Waals surface area contributed by atoms with Crippen LogP contribution < -0.4 is 14.4 Å². The van der Waals surface area contributed by atoms with Gasteiger partial charge in [-0.1, -0.05) is 24.3 Å². The summed E-state index contributed by atoms with van der Waals surface area (Å²) in [6, 6.07) is 12.3. The minimum Gasteiger partial charge on any atom is -0.491 e. The molecule has 3 atom stereocenters. The minimum atomic E-state index is -4.11. The lowest BCUT2D eigenvalue weighted by molar-refractivity contribution is -0.122. The molecular formula is C28H31N3O8S. The number of ether oxygens (including phenoxy) is 2. The molecule has 2 saturated heterocycles. The number of fused-ring (bicyclic) bond motifs is 1. The Labute approximate surface area is 232 Å². The Bertz CT molecular complexity index is 1380. The fraction of sp³-hybridized carbons (Fsp3) is 0.393. The Morgan fingerprint density at radius 1 is 1.00 bits per heavy atom. The lowest BCUT2D eigenvalue weighted by Crippen LogP contribution is -2.42. The van der Waals surface area contributed by atoms with E-state index in [0.717, 1.165) is 0 Å². The van der Waals surface area contributed by atoms with Gasteiger partial charge in [0.2, 0.25) is 21.8 Å². The molecule has 0 spiro atoms. The number of hydrogen-bond donors (Lipinski definition) is 2. The third kappa shape index (κ3) is 5.80. The molecule has 2 aliphatic heterocycles. The number of morpholine rings is 1. The molecule has 5 rings (SSSR count). The maximum Gasteiger partial charge on any atom is 0.255 e. The molecule has 0 aromatic heterocycles. The van der Waals surface area contributed by atoms with Gasteiger partial charge in [-0.25, -0.2) is 13.1 Å². The van der Waals surface area contributed by atoms with Gasteiger partial charge in [-0.3, -0.25) is 19.3 Å². The molecule has 1 aliphatic carbocycles. The molecule has 3 amide bonds. The zero-order valence-electron chi connectivity index (χ0n) is 21.8. The standard InChI is InChI=1S/C28H31N3O8S/c32-20(17-29-40(36,37)25-8-4-3-7-24(25)26(33)30-13-15-38-16-14-30)18-39-21-11-9-19(10-12-21)31-27(34)22-5-1-2-6-23(22)28(31)35/h1-4,7-12,20,22-23,29,32H,5-6,13-18H2/t20-,22+,23+/m0/s1. The number of anilines is 1. The Balaban J connectivity index is 1.15. The predicted octanol–water partition coefficient (Wildman–Crippen LogP) is 1.33. The second kappa shape index (κ2) is 11.9. The van der Waals surface area contributed by atoms with Crippen LogP contribution in [0.5, 0.6) is 5.75 Å². The van der Waals surface area contributed by atoms with E-state index in [-0.39, 0.29) is 47.3 Å². The number of nitrogens with one attached hydrogen (secondary N) is 1. The van der Waals surface area contributed by atoms with Crippen molar-refractivity contribution in [2.75, 3.05) is 44.4 Å². The zero-order chi connectivity index (χ0) is 28.3. The van der Waals surface area contributed by atoms with Crippen LogP contribution in [0.25, 0.3) is 0 Å². The van der Waals surface area contributed by atoms with Crippen LogP contribution in [0.2, 0.25) is 0 Å². The van der Waals surface area contributed by atoms with Gasteiger partial charge >= 0.3 is 0 Å². The first-order chi connectivity index (χ1) is 19.3. The summed E-state index contributed by atoms with van der Waals surface area (Å²) in [5.74, 6) is -1.07. The molecule has 2 aromatic rings. The number of aliphatic hydroxyl groups is 1. The van der Waals surface area contributed by atoms with Gasteiger partial charge < -0.3 is 19.5 Å². The molecule has 2 aromatic carbocycles. The summed E-state index contributed by atoms with van der Waals surface area (Å²) in [7, 11) is -4.11. The fourth-order valence-corrected chi connectivity index (χ4v) is 6.37. The average Bonchev–Trinajstić information content (AvgIpc) is 3.24. The van der Waals surface area contributed by atoms with Crippen molar-refractivity contribution < 1.29 is 37.4 Å². The Morgan fingerprint density at radius 3 is 2.27 bits per heavy atom. The van der Waals surface area contributed by atoms with Crippen LogP contribution in [0.4, 0.5) is 5.69 Å². The molecule has 11 nitrogen and oxygen atoms in total. The molecule has 3 aliphatic rings. The van der Waals surface area contributed by atoms with Gasteiger partial charge in [0.05, 0.1) is 41.2 Å². The Hall–Kier alpha value is -3.58. The third-order valence-electron chi connectivity index (χ3n) is 7.26. The Kier molecular flexibility index (Phi) is 8.31. The van der Waals surface area contributed by atoms with E-state index >= 15 is 0 Å². The van der Waals surface area contributed by atoms with Crippen LogP contribution in [0, 0.1) is 11.8 Å². The van der Waals surface area contributed by atoms with Crippen molar-refractivity contribution in [1.29, 1.82) is 0 Å². The van der Waals surface area contributed by atoms with Crippen molar-refractivity contribution in [1.82, 2.24) is 9.62 Å². The zero-order valence-corrected chi connectivity index (χ0v) is 22.6. The predicted molar refractivity (Wildman–Crippen MR) is 144 cm³/mol. The molecule has 0 bridgehead atoms. The van der Waals surface area contributed by atoms with E-state index < -0.39 is 22.0 Å². The summed E-state index contributed by atoms with van der Waals surface area (Å²) in [6.45, 7) is 0.978. The van der Waals surface area contributed by atoms with Gasteiger partial charge in [-0.05, 0) is 49.2 Å². The number of imide groups is 1. The van der Waals surface area contributed by atoms with Crippen LogP contribution >= 0.6 is 0 Å². The first kappa shape index (κ1) is 28.0. The number of benzene rings is 2. The van der Waals surface area contributed by atoms with E-state index in [1.54, 1.807) is 35.2 Å². The summed E-state index contributed by atoms with van der Waals surface area (Å²) in [5.41, 5.74) is 0.503. The number of amides is 3. The Morgan fingerprint density at radius 2 is 1.62 bits per heavy atom. The van der Waals surface area contributed by atoms with E-state index in [2.05, 4.69) is 4.72 Å². The highest BCUT2D eigenvalue weighted by Crippen LogP contribution is 2.38. The lowest BCUT2D eigenvalue weighted by atomic mass is 9.85. The van der Waals surface area contributed by atoms with Crippen molar-refractivity contribution in [3.8, 4) is 5.75 Å². The van der Waals surface area contributed by atoms with Crippen LogP contribution in [-0.2, 0) is 24.3 Å².